The fourth-order valence-corrected chi connectivity index (χ4v) is 3.46. The SMILES string of the molecule is NC(=O)OC(=O)CCC[C@@](O)(c1cccc(Cl)c1)[C@@H]1CCCNC1. The quantitative estimate of drug-likeness (QED) is 0.537. The Hall–Kier alpha value is -1.63. The molecule has 0 aromatic heterocycles. The van der Waals surface area contributed by atoms with Crippen molar-refractivity contribution in [3.63, 3.8) is 0 Å². The molecule has 1 aliphatic heterocycles. The second kappa shape index (κ2) is 8.46. The number of ether oxygens (including phenoxy) is 1. The number of piperidine rings is 1. The van der Waals surface area contributed by atoms with Crippen LogP contribution in [0.1, 0.15) is 37.7 Å². The highest BCUT2D eigenvalue weighted by Gasteiger charge is 2.38. The minimum atomic E-state index is -1.11. The molecule has 1 aliphatic rings. The third-order valence-corrected chi connectivity index (χ3v) is 4.69. The zero-order valence-electron chi connectivity index (χ0n) is 13.5. The van der Waals surface area contributed by atoms with Gasteiger partial charge in [-0.2, -0.15) is 0 Å². The molecule has 0 saturated carbocycles. The minimum absolute atomic E-state index is 0.0198. The van der Waals surface area contributed by atoms with Gasteiger partial charge in [0.2, 0.25) is 0 Å². The third-order valence-electron chi connectivity index (χ3n) is 4.45. The Balaban J connectivity index is 2.10. The topological polar surface area (TPSA) is 102 Å². The van der Waals surface area contributed by atoms with Crippen LogP contribution in [0.3, 0.4) is 0 Å². The molecule has 1 heterocycles. The van der Waals surface area contributed by atoms with E-state index >= 15 is 0 Å². The van der Waals surface area contributed by atoms with Crippen LogP contribution in [0, 0.1) is 5.92 Å². The van der Waals surface area contributed by atoms with Gasteiger partial charge < -0.3 is 20.9 Å². The predicted octanol–water partition coefficient (Wildman–Crippen LogP) is 2.32. The lowest BCUT2D eigenvalue weighted by molar-refractivity contribution is -0.137. The van der Waals surface area contributed by atoms with Crippen LogP contribution in [-0.2, 0) is 15.1 Å². The number of carbonyl (C=O) groups is 2. The second-order valence-corrected chi connectivity index (χ2v) is 6.56. The largest absolute Gasteiger partial charge is 0.412 e. The number of carbonyl (C=O) groups excluding carboxylic acids is 2. The number of hydrogen-bond donors (Lipinski definition) is 3. The van der Waals surface area contributed by atoms with Crippen LogP contribution < -0.4 is 11.1 Å². The van der Waals surface area contributed by atoms with E-state index in [1.54, 1.807) is 18.2 Å². The zero-order valence-corrected chi connectivity index (χ0v) is 14.2. The van der Waals surface area contributed by atoms with Crippen LogP contribution in [0.2, 0.25) is 5.02 Å². The van der Waals surface area contributed by atoms with E-state index in [4.69, 9.17) is 17.3 Å². The smallest absolute Gasteiger partial charge is 0.385 e. The maximum Gasteiger partial charge on any atom is 0.412 e. The van der Waals surface area contributed by atoms with E-state index in [0.29, 0.717) is 24.4 Å². The molecule has 0 radical (unpaired) electrons. The summed E-state index contributed by atoms with van der Waals surface area (Å²) in [5.74, 6) is -0.658. The Morgan fingerprint density at radius 3 is 2.88 bits per heavy atom. The lowest BCUT2D eigenvalue weighted by Crippen LogP contribution is -2.44. The first kappa shape index (κ1) is 18.7. The van der Waals surface area contributed by atoms with Crippen molar-refractivity contribution in [3.05, 3.63) is 34.9 Å². The van der Waals surface area contributed by atoms with Gasteiger partial charge in [-0.25, -0.2) is 4.79 Å². The lowest BCUT2D eigenvalue weighted by atomic mass is 9.74. The van der Waals surface area contributed by atoms with E-state index < -0.39 is 17.7 Å². The Bertz CT molecular complexity index is 590. The number of primary amides is 1. The van der Waals surface area contributed by atoms with E-state index in [0.717, 1.165) is 24.9 Å². The van der Waals surface area contributed by atoms with E-state index in [-0.39, 0.29) is 12.3 Å². The third kappa shape index (κ3) is 4.93. The van der Waals surface area contributed by atoms with Crippen LogP contribution in [0.4, 0.5) is 4.79 Å². The van der Waals surface area contributed by atoms with Crippen LogP contribution in [-0.4, -0.2) is 30.3 Å². The van der Waals surface area contributed by atoms with Gasteiger partial charge in [-0.1, -0.05) is 23.7 Å². The molecule has 132 valence electrons. The Morgan fingerprint density at radius 1 is 1.46 bits per heavy atom. The molecular formula is C17H23ClN2O4. The van der Waals surface area contributed by atoms with Crippen molar-refractivity contribution >= 4 is 23.7 Å². The van der Waals surface area contributed by atoms with E-state index in [1.165, 1.54) is 0 Å². The van der Waals surface area contributed by atoms with E-state index in [2.05, 4.69) is 10.1 Å². The van der Waals surface area contributed by atoms with Gasteiger partial charge in [0.05, 0.1) is 5.60 Å². The van der Waals surface area contributed by atoms with Crippen LogP contribution in [0.5, 0.6) is 0 Å². The lowest BCUT2D eigenvalue weighted by Gasteiger charge is -2.39. The highest BCUT2D eigenvalue weighted by Crippen LogP contribution is 2.39. The van der Waals surface area contributed by atoms with Crippen LogP contribution in [0.15, 0.2) is 24.3 Å². The predicted molar refractivity (Wildman–Crippen MR) is 90.5 cm³/mol. The van der Waals surface area contributed by atoms with Crippen molar-refractivity contribution < 1.29 is 19.4 Å². The summed E-state index contributed by atoms with van der Waals surface area (Å²) in [6.07, 6.45) is 1.53. The molecular weight excluding hydrogens is 332 g/mol. The van der Waals surface area contributed by atoms with Crippen molar-refractivity contribution in [1.29, 1.82) is 0 Å². The molecule has 4 N–H and O–H groups in total. The van der Waals surface area contributed by atoms with Gasteiger partial charge >= 0.3 is 12.1 Å². The summed E-state index contributed by atoms with van der Waals surface area (Å²) in [4.78, 5) is 22.1. The number of hydrogen-bond acceptors (Lipinski definition) is 5. The van der Waals surface area contributed by atoms with Crippen LogP contribution >= 0.6 is 11.6 Å². The normalized spacial score (nSPS) is 20.2. The molecule has 2 rings (SSSR count). The molecule has 1 aromatic rings. The molecule has 1 saturated heterocycles. The molecule has 2 atom stereocenters. The number of halogens is 1. The number of nitrogens with two attached hydrogens (primary N) is 1. The molecule has 0 unspecified atom stereocenters. The molecule has 1 aromatic carbocycles. The highest BCUT2D eigenvalue weighted by atomic mass is 35.5. The minimum Gasteiger partial charge on any atom is -0.385 e. The summed E-state index contributed by atoms with van der Waals surface area (Å²) in [7, 11) is 0. The van der Waals surface area contributed by atoms with E-state index in [9.17, 15) is 14.7 Å². The number of esters is 1. The maximum atomic E-state index is 11.5. The van der Waals surface area contributed by atoms with Gasteiger partial charge in [0.1, 0.15) is 0 Å². The fraction of sp³-hybridized carbons (Fsp3) is 0.529. The molecule has 1 fully saturated rings. The summed E-state index contributed by atoms with van der Waals surface area (Å²) in [5, 5.41) is 15.2. The van der Waals surface area contributed by atoms with Crippen LogP contribution in [0.25, 0.3) is 0 Å². The molecule has 0 spiro atoms. The molecule has 24 heavy (non-hydrogen) atoms. The number of nitrogens with one attached hydrogen (secondary N) is 1. The highest BCUT2D eigenvalue weighted by molar-refractivity contribution is 6.30. The average molecular weight is 355 g/mol. The summed E-state index contributed by atoms with van der Waals surface area (Å²) >= 11 is 6.08. The summed E-state index contributed by atoms with van der Waals surface area (Å²) in [5.41, 5.74) is 4.47. The molecule has 0 aliphatic carbocycles. The second-order valence-electron chi connectivity index (χ2n) is 6.12. The van der Waals surface area contributed by atoms with Crippen molar-refractivity contribution in [2.45, 2.75) is 37.7 Å². The number of benzene rings is 1. The number of amides is 1. The van der Waals surface area contributed by atoms with Crippen molar-refractivity contribution in [1.82, 2.24) is 5.32 Å². The van der Waals surface area contributed by atoms with Gasteiger partial charge in [0.15, 0.2) is 0 Å². The van der Waals surface area contributed by atoms with Crippen molar-refractivity contribution in [2.75, 3.05) is 13.1 Å². The summed E-state index contributed by atoms with van der Waals surface area (Å²) in [6.45, 7) is 1.64. The zero-order chi connectivity index (χ0) is 17.6. The molecule has 6 nitrogen and oxygen atoms in total. The molecule has 1 amide bonds. The van der Waals surface area contributed by atoms with Gasteiger partial charge in [-0.3, -0.25) is 4.79 Å². The van der Waals surface area contributed by atoms with Gasteiger partial charge in [-0.15, -0.1) is 0 Å². The Morgan fingerprint density at radius 2 is 2.25 bits per heavy atom. The average Bonchev–Trinajstić information content (AvgIpc) is 2.55. The van der Waals surface area contributed by atoms with Crippen molar-refractivity contribution in [3.8, 4) is 0 Å². The van der Waals surface area contributed by atoms with E-state index in [1.807, 2.05) is 6.07 Å². The Kier molecular flexibility index (Phi) is 6.60. The summed E-state index contributed by atoms with van der Waals surface area (Å²) in [6, 6.07) is 7.18. The van der Waals surface area contributed by atoms with Gasteiger partial charge in [0, 0.05) is 23.9 Å². The first-order chi connectivity index (χ1) is 11.4. The molecule has 0 bridgehead atoms. The molecule has 7 heteroatoms. The summed E-state index contributed by atoms with van der Waals surface area (Å²) < 4.78 is 4.32. The fourth-order valence-electron chi connectivity index (χ4n) is 3.27. The Labute approximate surface area is 146 Å². The standard InChI is InChI=1S/C17H23ClN2O4/c18-14-6-1-4-12(10-14)17(23,13-5-3-9-20-11-13)8-2-7-15(21)24-16(19)22/h1,4,6,10,13,20,23H,2-3,5,7-9,11H2,(H2,19,22)/t13-,17-/m1/s1. The number of rotatable bonds is 6. The first-order valence-corrected chi connectivity index (χ1v) is 8.49. The van der Waals surface area contributed by atoms with Gasteiger partial charge in [0.25, 0.3) is 0 Å². The van der Waals surface area contributed by atoms with Crippen molar-refractivity contribution in [2.24, 2.45) is 11.7 Å². The van der Waals surface area contributed by atoms with Gasteiger partial charge in [-0.05, 0) is 49.9 Å². The number of aliphatic hydroxyl groups is 1. The first-order valence-electron chi connectivity index (χ1n) is 8.11. The monoisotopic (exact) mass is 354 g/mol. The maximum absolute atomic E-state index is 11.5.